The summed E-state index contributed by atoms with van der Waals surface area (Å²) < 4.78 is 0. The number of ketones is 2. The summed E-state index contributed by atoms with van der Waals surface area (Å²) in [5.74, 6) is -0.0938. The monoisotopic (exact) mass is 540 g/mol. The van der Waals surface area contributed by atoms with E-state index in [2.05, 4.69) is 72.8 Å². The van der Waals surface area contributed by atoms with Gasteiger partial charge in [0.1, 0.15) is 0 Å². The quantitative estimate of drug-likeness (QED) is 0.162. The number of carbonyl (C=O) groups is 2. The molecule has 0 atom stereocenters. The number of rotatable bonds is 2. The highest BCUT2D eigenvalue weighted by molar-refractivity contribution is 6.52. The number of carbonyl (C=O) groups excluding carboxylic acids is 2. The predicted octanol–water partition coefficient (Wildman–Crippen LogP) is 9.96. The predicted molar refractivity (Wildman–Crippen MR) is 176 cm³/mol. The van der Waals surface area contributed by atoms with Crippen LogP contribution in [0.4, 0.5) is 0 Å². The van der Waals surface area contributed by atoms with Gasteiger partial charge in [-0.2, -0.15) is 0 Å². The van der Waals surface area contributed by atoms with Crippen molar-refractivity contribution in [1.82, 2.24) is 0 Å². The minimum atomic E-state index is -0.0469. The van der Waals surface area contributed by atoms with Crippen molar-refractivity contribution in [2.24, 2.45) is 0 Å². The third-order valence-corrected chi connectivity index (χ3v) is 9.09. The van der Waals surface area contributed by atoms with Crippen molar-refractivity contribution in [2.75, 3.05) is 0 Å². The van der Waals surface area contributed by atoms with Crippen molar-refractivity contribution < 1.29 is 9.59 Å². The van der Waals surface area contributed by atoms with E-state index in [0.29, 0.717) is 24.0 Å². The summed E-state index contributed by atoms with van der Waals surface area (Å²) in [4.78, 5) is 29.3. The minimum Gasteiger partial charge on any atom is -0.289 e. The van der Waals surface area contributed by atoms with E-state index in [-0.39, 0.29) is 11.6 Å². The summed E-state index contributed by atoms with van der Waals surface area (Å²) in [6.07, 6.45) is 5.26. The van der Waals surface area contributed by atoms with Gasteiger partial charge in [-0.3, -0.25) is 9.59 Å². The zero-order valence-corrected chi connectivity index (χ0v) is 23.6. The van der Waals surface area contributed by atoms with Gasteiger partial charge in [-0.25, -0.2) is 0 Å². The van der Waals surface area contributed by atoms with Gasteiger partial charge in [0.25, 0.3) is 0 Å². The van der Waals surface area contributed by atoms with Gasteiger partial charge in [0.2, 0.25) is 0 Å². The Balaban J connectivity index is 1.64. The van der Waals surface area contributed by atoms with Crippen molar-refractivity contribution in [3.63, 3.8) is 0 Å². The summed E-state index contributed by atoms with van der Waals surface area (Å²) in [6.45, 7) is 4.04. The molecule has 0 heterocycles. The third kappa shape index (κ3) is 3.39. The molecule has 0 fully saturated rings. The molecule has 0 saturated carbocycles. The van der Waals surface area contributed by atoms with Crippen LogP contribution >= 0.6 is 0 Å². The molecule has 0 amide bonds. The van der Waals surface area contributed by atoms with Crippen molar-refractivity contribution in [3.8, 4) is 0 Å². The van der Waals surface area contributed by atoms with Crippen LogP contribution in [0.5, 0.6) is 0 Å². The third-order valence-electron chi connectivity index (χ3n) is 9.09. The second-order valence-electron chi connectivity index (χ2n) is 11.3. The van der Waals surface area contributed by atoms with Crippen LogP contribution in [-0.4, -0.2) is 11.6 Å². The highest BCUT2D eigenvalue weighted by Gasteiger charge is 2.35. The van der Waals surface area contributed by atoms with Gasteiger partial charge in [-0.15, -0.1) is 0 Å². The van der Waals surface area contributed by atoms with E-state index in [4.69, 9.17) is 0 Å². The number of fused-ring (bicyclic) bond motifs is 10. The summed E-state index contributed by atoms with van der Waals surface area (Å²) in [6, 6.07) is 33.7. The first-order valence-electron chi connectivity index (χ1n) is 14.7. The molecule has 42 heavy (non-hydrogen) atoms. The van der Waals surface area contributed by atoms with E-state index in [1.165, 1.54) is 0 Å². The van der Waals surface area contributed by atoms with Crippen molar-refractivity contribution in [2.45, 2.75) is 26.7 Å². The lowest BCUT2D eigenvalue weighted by atomic mass is 9.73. The molecule has 2 aliphatic carbocycles. The summed E-state index contributed by atoms with van der Waals surface area (Å²) in [5, 5.41) is 8.57. The molecule has 0 N–H and O–H groups in total. The van der Waals surface area contributed by atoms with E-state index in [1.54, 1.807) is 0 Å². The maximum Gasteiger partial charge on any atom is 0.190 e. The van der Waals surface area contributed by atoms with E-state index in [1.807, 2.05) is 50.3 Å². The van der Waals surface area contributed by atoms with Gasteiger partial charge in [0.05, 0.1) is 0 Å². The maximum absolute atomic E-state index is 14.7. The highest BCUT2D eigenvalue weighted by atomic mass is 16.1. The Morgan fingerprint density at radius 2 is 0.833 bits per heavy atom. The van der Waals surface area contributed by atoms with Gasteiger partial charge in [-0.1, -0.05) is 111 Å². The fourth-order valence-corrected chi connectivity index (χ4v) is 7.06. The molecular formula is C40H28O2. The van der Waals surface area contributed by atoms with E-state index >= 15 is 0 Å². The number of Topliss-reactive ketones (excluding diaryl/α,β-unsaturated/α-hetero) is 2. The number of hydrogen-bond acceptors (Lipinski definition) is 2. The Hall–Kier alpha value is -5.08. The van der Waals surface area contributed by atoms with Crippen LogP contribution < -0.4 is 0 Å². The molecule has 0 radical (unpaired) electrons. The average Bonchev–Trinajstić information content (AvgIpc) is 3.04. The summed E-state index contributed by atoms with van der Waals surface area (Å²) >= 11 is 0. The standard InChI is InChI=1S/C40H28O2/c1-3-23-21-29-19-17-27-15-13-25-9-5-7-11-31(25)33(27)35(29)37(39(23)41)38-36-30(22-24(4-2)40(38)42)20-18-28-16-14-26-10-6-8-12-32(26)34(28)36/h5-22H,3-4H2,1-2H3/b38-37+. The molecular weight excluding hydrogens is 512 g/mol. The Bertz CT molecular complexity index is 2130. The fourth-order valence-electron chi connectivity index (χ4n) is 7.06. The van der Waals surface area contributed by atoms with Crippen LogP contribution in [0.3, 0.4) is 0 Å². The number of hydrogen-bond donors (Lipinski definition) is 0. The van der Waals surface area contributed by atoms with Crippen LogP contribution in [0.15, 0.2) is 108 Å². The van der Waals surface area contributed by atoms with Crippen LogP contribution in [0.2, 0.25) is 0 Å². The first kappa shape index (κ1) is 24.7. The molecule has 200 valence electrons. The summed E-state index contributed by atoms with van der Waals surface area (Å²) in [7, 11) is 0. The normalized spacial score (nSPS) is 16.6. The Morgan fingerprint density at radius 1 is 0.452 bits per heavy atom. The molecule has 0 aliphatic heterocycles. The van der Waals surface area contributed by atoms with Crippen LogP contribution in [0.25, 0.3) is 66.4 Å². The maximum atomic E-state index is 14.7. The molecule has 0 spiro atoms. The lowest BCUT2D eigenvalue weighted by Crippen LogP contribution is -2.20. The SMILES string of the molecule is CCC1=Cc2ccc3ccc4ccccc4c3c2/C(=C2\C(=O)C(CC)=Cc3ccc4ccc5ccccc5c4c32)C1=O. The van der Waals surface area contributed by atoms with Gasteiger partial charge in [0.15, 0.2) is 11.6 Å². The molecule has 2 aliphatic rings. The van der Waals surface area contributed by atoms with E-state index in [0.717, 1.165) is 76.5 Å². The number of allylic oxidation sites excluding steroid dienone is 4. The highest BCUT2D eigenvalue weighted by Crippen LogP contribution is 2.48. The van der Waals surface area contributed by atoms with E-state index < -0.39 is 0 Å². The van der Waals surface area contributed by atoms with Crippen molar-refractivity contribution in [3.05, 3.63) is 130 Å². The van der Waals surface area contributed by atoms with E-state index in [9.17, 15) is 9.59 Å². The zero-order chi connectivity index (χ0) is 28.5. The molecule has 6 aromatic carbocycles. The Labute approximate surface area is 244 Å². The van der Waals surface area contributed by atoms with Gasteiger partial charge >= 0.3 is 0 Å². The van der Waals surface area contributed by atoms with Gasteiger partial charge in [-0.05, 0) is 79.2 Å². The Morgan fingerprint density at radius 3 is 1.26 bits per heavy atom. The lowest BCUT2D eigenvalue weighted by Gasteiger charge is -2.28. The van der Waals surface area contributed by atoms with Crippen molar-refractivity contribution in [1.29, 1.82) is 0 Å². The topological polar surface area (TPSA) is 34.1 Å². The fraction of sp³-hybridized carbons (Fsp3) is 0.100. The molecule has 2 nitrogen and oxygen atoms in total. The second-order valence-corrected chi connectivity index (χ2v) is 11.3. The minimum absolute atomic E-state index is 0.0469. The first-order chi connectivity index (χ1) is 20.6. The smallest absolute Gasteiger partial charge is 0.190 e. The molecule has 0 saturated heterocycles. The second kappa shape index (κ2) is 9.22. The van der Waals surface area contributed by atoms with Crippen LogP contribution in [-0.2, 0) is 9.59 Å². The lowest BCUT2D eigenvalue weighted by molar-refractivity contribution is -0.112. The first-order valence-corrected chi connectivity index (χ1v) is 14.7. The molecule has 8 rings (SSSR count). The molecule has 2 heteroatoms. The van der Waals surface area contributed by atoms with Crippen molar-refractivity contribution >= 4 is 78.0 Å². The van der Waals surface area contributed by atoms with Crippen LogP contribution in [0.1, 0.15) is 48.9 Å². The molecule has 6 aromatic rings. The molecule has 0 aromatic heterocycles. The summed E-state index contributed by atoms with van der Waals surface area (Å²) in [5.41, 5.74) is 6.27. The molecule has 0 bridgehead atoms. The Kier molecular flexibility index (Phi) is 5.42. The van der Waals surface area contributed by atoms with Gasteiger partial charge in [0, 0.05) is 33.4 Å². The van der Waals surface area contributed by atoms with Crippen LogP contribution in [0, 0.1) is 0 Å². The molecule has 0 unspecified atom stereocenters. The number of benzene rings is 6. The zero-order valence-electron chi connectivity index (χ0n) is 23.6. The van der Waals surface area contributed by atoms with Gasteiger partial charge < -0.3 is 0 Å². The largest absolute Gasteiger partial charge is 0.289 e. The average molecular weight is 541 g/mol.